The molecule has 2 fully saturated rings. The number of H-pyrrole nitrogens is 1. The Balaban J connectivity index is 1.23. The number of benzene rings is 2. The summed E-state index contributed by atoms with van der Waals surface area (Å²) in [5, 5.41) is 12.3. The smallest absolute Gasteiger partial charge is 0.253 e. The largest absolute Gasteiger partial charge is 0.470 e. The molecule has 8 nitrogen and oxygen atoms in total. The molecule has 0 spiro atoms. The molecule has 190 valence electrons. The topological polar surface area (TPSA) is 106 Å². The fourth-order valence-corrected chi connectivity index (χ4v) is 4.81. The first-order valence-electron chi connectivity index (χ1n) is 11.8. The quantitative estimate of drug-likeness (QED) is 0.382. The van der Waals surface area contributed by atoms with Crippen LogP contribution >= 0.6 is 0 Å². The molecule has 2 aliphatic rings. The lowest BCUT2D eigenvalue weighted by Crippen LogP contribution is -2.34. The second kappa shape index (κ2) is 9.22. The van der Waals surface area contributed by atoms with Crippen molar-refractivity contribution in [3.05, 3.63) is 71.8 Å². The van der Waals surface area contributed by atoms with Gasteiger partial charge in [0.05, 0.1) is 29.8 Å². The summed E-state index contributed by atoms with van der Waals surface area (Å²) >= 11 is 0. The lowest BCUT2D eigenvalue weighted by atomic mass is 10.0. The lowest BCUT2D eigenvalue weighted by molar-refractivity contribution is 0.00794. The number of amides is 1. The number of hydrogen-bond donors (Lipinski definition) is 3. The number of halogens is 2. The summed E-state index contributed by atoms with van der Waals surface area (Å²) in [5.74, 6) is -1.24. The number of rotatable bonds is 5. The Morgan fingerprint density at radius 1 is 1.00 bits per heavy atom. The highest BCUT2D eigenvalue weighted by Gasteiger charge is 2.48. The fourth-order valence-electron chi connectivity index (χ4n) is 4.81. The van der Waals surface area contributed by atoms with E-state index in [9.17, 15) is 18.7 Å². The molecule has 2 aliphatic heterocycles. The van der Waals surface area contributed by atoms with Gasteiger partial charge in [-0.25, -0.2) is 13.8 Å². The number of pyridine rings is 1. The minimum atomic E-state index is -0.674. The zero-order chi connectivity index (χ0) is 25.7. The van der Waals surface area contributed by atoms with E-state index in [1.807, 2.05) is 0 Å². The maximum absolute atomic E-state index is 15.0. The molecule has 37 heavy (non-hydrogen) atoms. The van der Waals surface area contributed by atoms with Crippen molar-refractivity contribution >= 4 is 16.9 Å². The van der Waals surface area contributed by atoms with Gasteiger partial charge in [0.1, 0.15) is 29.8 Å². The van der Waals surface area contributed by atoms with Crippen LogP contribution in [-0.2, 0) is 9.47 Å². The Hall–Kier alpha value is -3.86. The Kier molecular flexibility index (Phi) is 5.86. The Morgan fingerprint density at radius 3 is 2.49 bits per heavy atom. The minimum Gasteiger partial charge on any atom is -0.470 e. The summed E-state index contributed by atoms with van der Waals surface area (Å²) in [6.07, 6.45) is -1.85. The van der Waals surface area contributed by atoms with Gasteiger partial charge in [0, 0.05) is 24.7 Å². The van der Waals surface area contributed by atoms with E-state index in [4.69, 9.17) is 14.2 Å². The van der Waals surface area contributed by atoms with Crippen molar-refractivity contribution in [2.45, 2.75) is 24.4 Å². The van der Waals surface area contributed by atoms with E-state index in [1.54, 1.807) is 36.4 Å². The molecular weight excluding hydrogens is 484 g/mol. The van der Waals surface area contributed by atoms with E-state index in [-0.39, 0.29) is 30.6 Å². The number of hydrogen-bond acceptors (Lipinski definition) is 6. The second-order valence-electron chi connectivity index (χ2n) is 9.06. The number of ether oxygens (including phenoxy) is 3. The summed E-state index contributed by atoms with van der Waals surface area (Å²) in [6.45, 7) is 0.479. The molecule has 4 aromatic rings. The van der Waals surface area contributed by atoms with E-state index < -0.39 is 35.9 Å². The van der Waals surface area contributed by atoms with Crippen molar-refractivity contribution in [2.75, 3.05) is 20.3 Å². The summed E-state index contributed by atoms with van der Waals surface area (Å²) < 4.78 is 46.5. The molecule has 0 radical (unpaired) electrons. The number of carbonyl (C=O) groups is 1. The predicted octanol–water partition coefficient (Wildman–Crippen LogP) is 3.44. The summed E-state index contributed by atoms with van der Waals surface area (Å²) in [5.41, 5.74) is 2.97. The number of nitrogens with zero attached hydrogens (tertiary/aromatic N) is 1. The molecule has 10 heteroatoms. The van der Waals surface area contributed by atoms with Crippen LogP contribution in [0.25, 0.3) is 33.4 Å². The molecule has 1 amide bonds. The molecule has 6 rings (SSSR count). The van der Waals surface area contributed by atoms with Gasteiger partial charge in [-0.1, -0.05) is 30.3 Å². The van der Waals surface area contributed by atoms with Crippen LogP contribution in [0.15, 0.2) is 54.6 Å². The Labute approximate surface area is 210 Å². The molecule has 4 atom stereocenters. The van der Waals surface area contributed by atoms with Crippen molar-refractivity contribution in [1.82, 2.24) is 15.3 Å². The van der Waals surface area contributed by atoms with Crippen LogP contribution in [0.3, 0.4) is 0 Å². The van der Waals surface area contributed by atoms with Gasteiger partial charge in [-0.05, 0) is 23.3 Å². The van der Waals surface area contributed by atoms with E-state index in [0.717, 1.165) is 0 Å². The van der Waals surface area contributed by atoms with Crippen molar-refractivity contribution < 1.29 is 32.9 Å². The number of aliphatic hydroxyl groups is 1. The normalized spacial score (nSPS) is 22.8. The molecule has 0 bridgehead atoms. The maximum Gasteiger partial charge on any atom is 0.253 e. The first kappa shape index (κ1) is 23.5. The third-order valence-electron chi connectivity index (χ3n) is 6.72. The summed E-state index contributed by atoms with van der Waals surface area (Å²) in [4.78, 5) is 19.2. The minimum absolute atomic E-state index is 0.0362. The zero-order valence-electron chi connectivity index (χ0n) is 19.7. The Bertz CT molecular complexity index is 1490. The molecule has 2 saturated heterocycles. The maximum atomic E-state index is 15.0. The highest BCUT2D eigenvalue weighted by atomic mass is 19.1. The van der Waals surface area contributed by atoms with Crippen LogP contribution in [0, 0.1) is 11.6 Å². The van der Waals surface area contributed by atoms with Crippen LogP contribution in [0.2, 0.25) is 0 Å². The molecule has 3 N–H and O–H groups in total. The number of fused-ring (bicyclic) bond motifs is 2. The third kappa shape index (κ3) is 4.22. The van der Waals surface area contributed by atoms with Crippen molar-refractivity contribution in [1.29, 1.82) is 0 Å². The number of nitrogens with one attached hydrogen (secondary N) is 2. The lowest BCUT2D eigenvalue weighted by Gasteiger charge is -2.16. The third-order valence-corrected chi connectivity index (χ3v) is 6.72. The van der Waals surface area contributed by atoms with Gasteiger partial charge in [-0.2, -0.15) is 0 Å². The van der Waals surface area contributed by atoms with E-state index in [2.05, 4.69) is 15.3 Å². The number of aromatic amines is 1. The van der Waals surface area contributed by atoms with Crippen molar-refractivity contribution in [2.24, 2.45) is 0 Å². The average molecular weight is 507 g/mol. The van der Waals surface area contributed by atoms with Gasteiger partial charge in [0.2, 0.25) is 0 Å². The standard InChI is InChI=1S/C27H23F2N3O5/c1-30-27(34)16-7-6-15(8-17(16)28)13-2-4-14(5-3-13)24-18(29)9-19-20(32-24)10-23(31-19)37-22-12-36-25-21(33)11-35-26(22)25/h2-10,21-22,25-26,31,33H,11-12H2,1H3,(H,30,34)/t21-,22-,25-,26-/m1/s1. The first-order chi connectivity index (χ1) is 17.9. The summed E-state index contributed by atoms with van der Waals surface area (Å²) in [6, 6.07) is 14.3. The van der Waals surface area contributed by atoms with Crippen LogP contribution in [-0.4, -0.2) is 65.7 Å². The first-order valence-corrected chi connectivity index (χ1v) is 11.8. The van der Waals surface area contributed by atoms with Gasteiger partial charge in [0.25, 0.3) is 5.91 Å². The van der Waals surface area contributed by atoms with E-state index in [0.29, 0.717) is 33.6 Å². The highest BCUT2D eigenvalue weighted by Crippen LogP contribution is 2.32. The van der Waals surface area contributed by atoms with Crippen LogP contribution < -0.4 is 10.1 Å². The number of carbonyl (C=O) groups excluding carboxylic acids is 1. The zero-order valence-corrected chi connectivity index (χ0v) is 19.7. The molecular formula is C27H23F2N3O5. The average Bonchev–Trinajstić information content (AvgIpc) is 3.59. The van der Waals surface area contributed by atoms with Crippen LogP contribution in [0.5, 0.6) is 5.88 Å². The van der Waals surface area contributed by atoms with Crippen molar-refractivity contribution in [3.63, 3.8) is 0 Å². The van der Waals surface area contributed by atoms with Crippen LogP contribution in [0.1, 0.15) is 10.4 Å². The predicted molar refractivity (Wildman–Crippen MR) is 130 cm³/mol. The van der Waals surface area contributed by atoms with Crippen molar-refractivity contribution in [3.8, 4) is 28.3 Å². The fraction of sp³-hybridized carbons (Fsp3) is 0.259. The monoisotopic (exact) mass is 507 g/mol. The molecule has 2 aromatic heterocycles. The van der Waals surface area contributed by atoms with Gasteiger partial charge >= 0.3 is 0 Å². The van der Waals surface area contributed by atoms with E-state index >= 15 is 0 Å². The van der Waals surface area contributed by atoms with Gasteiger partial charge < -0.3 is 29.6 Å². The summed E-state index contributed by atoms with van der Waals surface area (Å²) in [7, 11) is 1.44. The number of aromatic nitrogens is 2. The SMILES string of the molecule is CNC(=O)c1ccc(-c2ccc(-c3nc4cc(O[C@@H]5CO[C@H]6[C@@H]5OC[C@H]6O)[nH]c4cc3F)cc2)cc1F. The van der Waals surface area contributed by atoms with Crippen LogP contribution in [0.4, 0.5) is 8.78 Å². The number of aliphatic hydroxyl groups excluding tert-OH is 1. The van der Waals surface area contributed by atoms with Gasteiger partial charge in [0.15, 0.2) is 17.8 Å². The van der Waals surface area contributed by atoms with Gasteiger partial charge in [-0.3, -0.25) is 4.79 Å². The van der Waals surface area contributed by atoms with E-state index in [1.165, 1.54) is 25.2 Å². The molecule has 0 saturated carbocycles. The Morgan fingerprint density at radius 2 is 1.73 bits per heavy atom. The highest BCUT2D eigenvalue weighted by molar-refractivity contribution is 5.94. The molecule has 2 aromatic carbocycles. The second-order valence-corrected chi connectivity index (χ2v) is 9.06. The molecule has 0 unspecified atom stereocenters. The van der Waals surface area contributed by atoms with Gasteiger partial charge in [-0.15, -0.1) is 0 Å². The molecule has 4 heterocycles. The molecule has 0 aliphatic carbocycles.